The van der Waals surface area contributed by atoms with Crippen molar-refractivity contribution in [3.8, 4) is 0 Å². The molecule has 0 aromatic rings. The van der Waals surface area contributed by atoms with Gasteiger partial charge in [0.25, 0.3) is 0 Å². The van der Waals surface area contributed by atoms with Crippen molar-refractivity contribution in [2.45, 2.75) is 19.9 Å². The van der Waals surface area contributed by atoms with E-state index in [1.165, 1.54) is 0 Å². The lowest BCUT2D eigenvalue weighted by atomic mass is 10.4. The molecule has 3 nitrogen and oxygen atoms in total. The van der Waals surface area contributed by atoms with Crippen molar-refractivity contribution in [2.75, 3.05) is 13.1 Å². The molecule has 0 radical (unpaired) electrons. The minimum absolute atomic E-state index is 0.0741. The van der Waals surface area contributed by atoms with Crippen LogP contribution in [0.3, 0.4) is 0 Å². The third-order valence-corrected chi connectivity index (χ3v) is 1.53. The third-order valence-electron chi connectivity index (χ3n) is 1.53. The maximum Gasteiger partial charge on any atom is 0.317 e. The summed E-state index contributed by atoms with van der Waals surface area (Å²) >= 11 is 0. The second kappa shape index (κ2) is 2.25. The molecule has 2 amide bonds. The van der Waals surface area contributed by atoms with E-state index in [4.69, 9.17) is 0 Å². The Kier molecular flexibility index (Phi) is 1.60. The Labute approximate surface area is 55.0 Å². The first-order valence-corrected chi connectivity index (χ1v) is 3.29. The highest BCUT2D eigenvalue weighted by atomic mass is 16.2. The normalized spacial score (nSPS) is 26.7. The molecule has 1 heterocycles. The van der Waals surface area contributed by atoms with Gasteiger partial charge in [0.15, 0.2) is 0 Å². The van der Waals surface area contributed by atoms with Gasteiger partial charge in [-0.3, -0.25) is 0 Å². The molecule has 0 aliphatic carbocycles. The van der Waals surface area contributed by atoms with E-state index in [-0.39, 0.29) is 6.03 Å². The molecule has 52 valence electrons. The summed E-state index contributed by atoms with van der Waals surface area (Å²) in [5.74, 6) is 0. The average molecular weight is 128 g/mol. The fourth-order valence-electron chi connectivity index (χ4n) is 1.03. The van der Waals surface area contributed by atoms with Crippen molar-refractivity contribution in [3.63, 3.8) is 0 Å². The van der Waals surface area contributed by atoms with Gasteiger partial charge in [-0.15, -0.1) is 0 Å². The largest absolute Gasteiger partial charge is 0.334 e. The molecule has 0 saturated carbocycles. The van der Waals surface area contributed by atoms with Gasteiger partial charge in [-0.25, -0.2) is 4.79 Å². The van der Waals surface area contributed by atoms with E-state index in [9.17, 15) is 4.79 Å². The monoisotopic (exact) mass is 128 g/mol. The number of carbonyl (C=O) groups is 1. The molecule has 3 heteroatoms. The summed E-state index contributed by atoms with van der Waals surface area (Å²) < 4.78 is 0. The number of likely N-dealkylation sites (N-methyl/N-ethyl adjacent to an activating group) is 1. The van der Waals surface area contributed by atoms with Crippen LogP contribution < -0.4 is 5.32 Å². The van der Waals surface area contributed by atoms with Crippen LogP contribution >= 0.6 is 0 Å². The van der Waals surface area contributed by atoms with Crippen molar-refractivity contribution in [1.82, 2.24) is 10.2 Å². The SMILES string of the molecule is CCN1C[C@@H](C)NC1=O. The first-order chi connectivity index (χ1) is 4.24. The molecule has 0 aromatic heterocycles. The van der Waals surface area contributed by atoms with Crippen LogP contribution in [0.15, 0.2) is 0 Å². The molecule has 1 rings (SSSR count). The predicted molar refractivity (Wildman–Crippen MR) is 35.2 cm³/mol. The number of carbonyl (C=O) groups excluding carboxylic acids is 1. The minimum atomic E-state index is 0.0741. The highest BCUT2D eigenvalue weighted by molar-refractivity contribution is 5.76. The van der Waals surface area contributed by atoms with E-state index in [1.54, 1.807) is 4.90 Å². The molecule has 0 spiro atoms. The Hall–Kier alpha value is -0.730. The lowest BCUT2D eigenvalue weighted by Gasteiger charge is -2.08. The van der Waals surface area contributed by atoms with Crippen molar-refractivity contribution in [3.05, 3.63) is 0 Å². The first kappa shape index (κ1) is 6.39. The van der Waals surface area contributed by atoms with Gasteiger partial charge < -0.3 is 10.2 Å². The molecular formula is C6H12N2O. The highest BCUT2D eigenvalue weighted by Gasteiger charge is 2.22. The van der Waals surface area contributed by atoms with Gasteiger partial charge in [-0.1, -0.05) is 0 Å². The Morgan fingerprint density at radius 3 is 2.78 bits per heavy atom. The maximum absolute atomic E-state index is 10.8. The standard InChI is InChI=1S/C6H12N2O/c1-3-8-4-5(2)7-6(8)9/h5H,3-4H2,1-2H3,(H,7,9)/t5-/m1/s1. The number of nitrogens with one attached hydrogen (secondary N) is 1. The Morgan fingerprint density at radius 1 is 1.89 bits per heavy atom. The molecule has 1 N–H and O–H groups in total. The quantitative estimate of drug-likeness (QED) is 0.545. The summed E-state index contributed by atoms with van der Waals surface area (Å²) in [6.07, 6.45) is 0. The molecule has 0 unspecified atom stereocenters. The molecule has 1 atom stereocenters. The van der Waals surface area contributed by atoms with Crippen LogP contribution in [0, 0.1) is 0 Å². The van der Waals surface area contributed by atoms with Crippen LogP contribution in [0.1, 0.15) is 13.8 Å². The second-order valence-corrected chi connectivity index (χ2v) is 2.39. The number of hydrogen-bond acceptors (Lipinski definition) is 1. The van der Waals surface area contributed by atoms with Gasteiger partial charge >= 0.3 is 6.03 Å². The van der Waals surface area contributed by atoms with Gasteiger partial charge in [0, 0.05) is 19.1 Å². The van der Waals surface area contributed by atoms with Gasteiger partial charge in [-0.05, 0) is 13.8 Å². The summed E-state index contributed by atoms with van der Waals surface area (Å²) in [6, 6.07) is 0.405. The summed E-state index contributed by atoms with van der Waals surface area (Å²) in [6.45, 7) is 5.66. The number of urea groups is 1. The zero-order valence-corrected chi connectivity index (χ0v) is 5.85. The van der Waals surface area contributed by atoms with Crippen LogP contribution in [-0.4, -0.2) is 30.1 Å². The molecule has 1 fully saturated rings. The number of amides is 2. The van der Waals surface area contributed by atoms with E-state index < -0.39 is 0 Å². The van der Waals surface area contributed by atoms with Crippen LogP contribution in [0.5, 0.6) is 0 Å². The lowest BCUT2D eigenvalue weighted by molar-refractivity contribution is 0.219. The summed E-state index contributed by atoms with van der Waals surface area (Å²) in [5, 5.41) is 2.80. The van der Waals surface area contributed by atoms with Crippen molar-refractivity contribution in [1.29, 1.82) is 0 Å². The first-order valence-electron chi connectivity index (χ1n) is 3.29. The fourth-order valence-corrected chi connectivity index (χ4v) is 1.03. The van der Waals surface area contributed by atoms with Crippen LogP contribution in [0.4, 0.5) is 4.79 Å². The average Bonchev–Trinajstić information content (AvgIpc) is 2.10. The zero-order valence-electron chi connectivity index (χ0n) is 5.85. The topological polar surface area (TPSA) is 32.3 Å². The fraction of sp³-hybridized carbons (Fsp3) is 0.833. The summed E-state index contributed by atoms with van der Waals surface area (Å²) in [5.41, 5.74) is 0. The smallest absolute Gasteiger partial charge is 0.317 e. The Bertz CT molecular complexity index is 124. The van der Waals surface area contributed by atoms with Crippen LogP contribution in [0.25, 0.3) is 0 Å². The Balaban J connectivity index is 2.48. The van der Waals surface area contributed by atoms with E-state index in [0.29, 0.717) is 6.04 Å². The van der Waals surface area contributed by atoms with Gasteiger partial charge in [0.05, 0.1) is 0 Å². The van der Waals surface area contributed by atoms with E-state index >= 15 is 0 Å². The zero-order chi connectivity index (χ0) is 6.85. The minimum Gasteiger partial charge on any atom is -0.334 e. The van der Waals surface area contributed by atoms with Crippen molar-refractivity contribution >= 4 is 6.03 Å². The molecule has 1 aliphatic heterocycles. The van der Waals surface area contributed by atoms with Gasteiger partial charge in [0.1, 0.15) is 0 Å². The molecule has 1 aliphatic rings. The van der Waals surface area contributed by atoms with Crippen LogP contribution in [-0.2, 0) is 0 Å². The third kappa shape index (κ3) is 1.15. The highest BCUT2D eigenvalue weighted by Crippen LogP contribution is 2.00. The molecule has 0 aromatic carbocycles. The predicted octanol–water partition coefficient (Wildman–Crippen LogP) is 0.420. The van der Waals surface area contributed by atoms with E-state index in [0.717, 1.165) is 13.1 Å². The van der Waals surface area contributed by atoms with Crippen molar-refractivity contribution in [2.24, 2.45) is 0 Å². The van der Waals surface area contributed by atoms with Crippen molar-refractivity contribution < 1.29 is 4.79 Å². The summed E-state index contributed by atoms with van der Waals surface area (Å²) in [4.78, 5) is 12.6. The molecular weight excluding hydrogens is 116 g/mol. The number of rotatable bonds is 1. The molecule has 0 bridgehead atoms. The van der Waals surface area contributed by atoms with Gasteiger partial charge in [0.2, 0.25) is 0 Å². The molecule has 9 heavy (non-hydrogen) atoms. The number of nitrogens with zero attached hydrogens (tertiary/aromatic N) is 1. The Morgan fingerprint density at radius 2 is 2.56 bits per heavy atom. The molecule has 1 saturated heterocycles. The second-order valence-electron chi connectivity index (χ2n) is 2.39. The summed E-state index contributed by atoms with van der Waals surface area (Å²) in [7, 11) is 0. The lowest BCUT2D eigenvalue weighted by Crippen LogP contribution is -2.27. The van der Waals surface area contributed by atoms with E-state index in [1.807, 2.05) is 13.8 Å². The van der Waals surface area contributed by atoms with Gasteiger partial charge in [-0.2, -0.15) is 0 Å². The number of hydrogen-bond donors (Lipinski definition) is 1. The maximum atomic E-state index is 10.8. The van der Waals surface area contributed by atoms with E-state index in [2.05, 4.69) is 5.32 Å². The van der Waals surface area contributed by atoms with Crippen LogP contribution in [0.2, 0.25) is 0 Å².